The minimum absolute atomic E-state index is 0.0114. The fraction of sp³-hybridized carbons (Fsp3) is 0.727. The number of nitrogens with two attached hydrogens (primary N) is 1. The topological polar surface area (TPSA) is 77.2 Å². The van der Waals surface area contributed by atoms with Crippen LogP contribution in [-0.2, 0) is 14.4 Å². The van der Waals surface area contributed by atoms with Gasteiger partial charge in [-0.25, -0.2) is 0 Å². The second-order valence-electron chi connectivity index (χ2n) is 4.16. The van der Waals surface area contributed by atoms with E-state index in [1.807, 2.05) is 13.8 Å². The smallest absolute Gasteiger partial charge is 0.159 e. The first-order valence-corrected chi connectivity index (χ1v) is 5.14. The minimum atomic E-state index is -0.730. The van der Waals surface area contributed by atoms with Gasteiger partial charge in [-0.05, 0) is 19.3 Å². The van der Waals surface area contributed by atoms with Crippen LogP contribution in [0, 0.1) is 11.8 Å². The average molecular weight is 213 g/mol. The maximum atomic E-state index is 11.7. The molecule has 0 saturated carbocycles. The third kappa shape index (κ3) is 4.83. The molecule has 0 aliphatic carbocycles. The van der Waals surface area contributed by atoms with Crippen LogP contribution in [0.2, 0.25) is 0 Å². The van der Waals surface area contributed by atoms with Gasteiger partial charge in [-0.3, -0.25) is 4.79 Å². The number of hydrogen-bond donors (Lipinski definition) is 1. The molecule has 0 aliphatic heterocycles. The van der Waals surface area contributed by atoms with Crippen molar-refractivity contribution in [2.45, 2.75) is 39.7 Å². The van der Waals surface area contributed by atoms with E-state index in [0.717, 1.165) is 0 Å². The average Bonchev–Trinajstić information content (AvgIpc) is 2.16. The predicted octanol–water partition coefficient (Wildman–Crippen LogP) is 0.723. The summed E-state index contributed by atoms with van der Waals surface area (Å²) in [4.78, 5) is 33.1. The molecule has 0 aliphatic rings. The summed E-state index contributed by atoms with van der Waals surface area (Å²) in [6.07, 6.45) is 1.12. The van der Waals surface area contributed by atoms with Gasteiger partial charge in [-0.2, -0.15) is 0 Å². The second-order valence-corrected chi connectivity index (χ2v) is 4.16. The molecule has 0 fully saturated rings. The van der Waals surface area contributed by atoms with Crippen molar-refractivity contribution in [3.63, 3.8) is 0 Å². The zero-order chi connectivity index (χ0) is 12.0. The fourth-order valence-electron chi connectivity index (χ4n) is 1.21. The summed E-state index contributed by atoms with van der Waals surface area (Å²) in [6, 6.07) is -0.618. The van der Waals surface area contributed by atoms with Gasteiger partial charge >= 0.3 is 0 Å². The van der Waals surface area contributed by atoms with Gasteiger partial charge in [0.05, 0.1) is 12.0 Å². The van der Waals surface area contributed by atoms with E-state index in [-0.39, 0.29) is 30.3 Å². The van der Waals surface area contributed by atoms with Crippen molar-refractivity contribution in [2.24, 2.45) is 17.6 Å². The number of carbonyl (C=O) groups is 3. The van der Waals surface area contributed by atoms with Gasteiger partial charge in [0.2, 0.25) is 0 Å². The largest absolute Gasteiger partial charge is 0.321 e. The molecule has 1 unspecified atom stereocenters. The lowest BCUT2D eigenvalue weighted by Crippen LogP contribution is -2.40. The normalized spacial score (nSPS) is 14.7. The Bertz CT molecular complexity index is 248. The molecule has 0 saturated heterocycles. The molecule has 0 radical (unpaired) electrons. The van der Waals surface area contributed by atoms with Gasteiger partial charge in [-0.15, -0.1) is 0 Å². The highest BCUT2D eigenvalue weighted by Crippen LogP contribution is 2.11. The molecule has 2 atom stereocenters. The van der Waals surface area contributed by atoms with Crippen molar-refractivity contribution < 1.29 is 14.4 Å². The maximum Gasteiger partial charge on any atom is 0.159 e. The SMILES string of the molecule is CC(=O)CCC(C=O)C(=O)[C@@H](N)C(C)C. The van der Waals surface area contributed by atoms with Crippen molar-refractivity contribution in [3.05, 3.63) is 0 Å². The molecule has 0 bridgehead atoms. The van der Waals surface area contributed by atoms with Crippen LogP contribution < -0.4 is 5.73 Å². The number of carbonyl (C=O) groups excluding carboxylic acids is 3. The molecule has 4 heteroatoms. The van der Waals surface area contributed by atoms with Crippen LogP contribution in [0.4, 0.5) is 0 Å². The fourth-order valence-corrected chi connectivity index (χ4v) is 1.21. The van der Waals surface area contributed by atoms with Crippen molar-refractivity contribution in [1.29, 1.82) is 0 Å². The molecule has 86 valence electrons. The molecule has 2 N–H and O–H groups in total. The third-order valence-corrected chi connectivity index (χ3v) is 2.38. The summed E-state index contributed by atoms with van der Waals surface area (Å²) in [5.41, 5.74) is 5.65. The van der Waals surface area contributed by atoms with E-state index in [9.17, 15) is 14.4 Å². The van der Waals surface area contributed by atoms with Crippen molar-refractivity contribution >= 4 is 17.9 Å². The molecule has 0 aromatic heterocycles. The molecule has 15 heavy (non-hydrogen) atoms. The van der Waals surface area contributed by atoms with Crippen molar-refractivity contribution in [3.8, 4) is 0 Å². The molecular formula is C11H19NO3. The zero-order valence-corrected chi connectivity index (χ0v) is 9.53. The number of hydrogen-bond acceptors (Lipinski definition) is 4. The lowest BCUT2D eigenvalue weighted by atomic mass is 9.89. The van der Waals surface area contributed by atoms with Crippen molar-refractivity contribution in [1.82, 2.24) is 0 Å². The number of ketones is 2. The Balaban J connectivity index is 4.34. The molecule has 4 nitrogen and oxygen atoms in total. The van der Waals surface area contributed by atoms with Gasteiger partial charge < -0.3 is 15.3 Å². The highest BCUT2D eigenvalue weighted by Gasteiger charge is 2.25. The van der Waals surface area contributed by atoms with Crippen LogP contribution >= 0.6 is 0 Å². The first-order valence-electron chi connectivity index (χ1n) is 5.14. The molecule has 0 amide bonds. The van der Waals surface area contributed by atoms with E-state index < -0.39 is 12.0 Å². The Labute approximate surface area is 90.2 Å². The quantitative estimate of drug-likeness (QED) is 0.499. The highest BCUT2D eigenvalue weighted by atomic mass is 16.1. The summed E-state index contributed by atoms with van der Waals surface area (Å²) in [5.74, 6) is -1.00. The Hall–Kier alpha value is -1.03. The van der Waals surface area contributed by atoms with E-state index in [4.69, 9.17) is 5.73 Å². The number of Topliss-reactive ketones (excluding diaryl/α,β-unsaturated/α-hetero) is 2. The minimum Gasteiger partial charge on any atom is -0.321 e. The highest BCUT2D eigenvalue weighted by molar-refractivity contribution is 5.97. The monoisotopic (exact) mass is 213 g/mol. The first kappa shape index (κ1) is 14.0. The number of rotatable bonds is 7. The molecule has 0 spiro atoms. The second kappa shape index (κ2) is 6.45. The third-order valence-electron chi connectivity index (χ3n) is 2.38. The van der Waals surface area contributed by atoms with Crippen LogP contribution in [0.25, 0.3) is 0 Å². The van der Waals surface area contributed by atoms with E-state index in [0.29, 0.717) is 6.29 Å². The predicted molar refractivity (Wildman–Crippen MR) is 57.3 cm³/mol. The van der Waals surface area contributed by atoms with Gasteiger partial charge in [0.25, 0.3) is 0 Å². The Morgan fingerprint density at radius 1 is 1.33 bits per heavy atom. The molecule has 0 heterocycles. The van der Waals surface area contributed by atoms with Gasteiger partial charge in [-0.1, -0.05) is 13.8 Å². The van der Waals surface area contributed by atoms with E-state index in [1.165, 1.54) is 6.92 Å². The summed E-state index contributed by atoms with van der Waals surface area (Å²) in [5, 5.41) is 0. The Kier molecular flexibility index (Phi) is 6.01. The van der Waals surface area contributed by atoms with Gasteiger partial charge in [0.1, 0.15) is 12.1 Å². The lowest BCUT2D eigenvalue weighted by molar-refractivity contribution is -0.129. The van der Waals surface area contributed by atoms with Crippen LogP contribution in [-0.4, -0.2) is 23.9 Å². The Morgan fingerprint density at radius 2 is 1.87 bits per heavy atom. The first-order chi connectivity index (χ1) is 6.90. The van der Waals surface area contributed by atoms with Crippen LogP contribution in [0.1, 0.15) is 33.6 Å². The van der Waals surface area contributed by atoms with E-state index >= 15 is 0 Å². The molecular weight excluding hydrogens is 194 g/mol. The van der Waals surface area contributed by atoms with Crippen molar-refractivity contribution in [2.75, 3.05) is 0 Å². The molecule has 0 aromatic rings. The van der Waals surface area contributed by atoms with Crippen LogP contribution in [0.3, 0.4) is 0 Å². The standard InChI is InChI=1S/C11H19NO3/c1-7(2)10(12)11(15)9(6-13)5-4-8(3)14/h6-7,9-10H,4-5,12H2,1-3H3/t9?,10-/m0/s1. The van der Waals surface area contributed by atoms with E-state index in [2.05, 4.69) is 0 Å². The maximum absolute atomic E-state index is 11.7. The summed E-state index contributed by atoms with van der Waals surface area (Å²) < 4.78 is 0. The van der Waals surface area contributed by atoms with Gasteiger partial charge in [0, 0.05) is 6.42 Å². The molecule has 0 aromatic carbocycles. The van der Waals surface area contributed by atoms with Crippen LogP contribution in [0.5, 0.6) is 0 Å². The zero-order valence-electron chi connectivity index (χ0n) is 9.53. The summed E-state index contributed by atoms with van der Waals surface area (Å²) >= 11 is 0. The summed E-state index contributed by atoms with van der Waals surface area (Å²) in [6.45, 7) is 5.10. The lowest BCUT2D eigenvalue weighted by Gasteiger charge is -2.17. The Morgan fingerprint density at radius 3 is 2.20 bits per heavy atom. The van der Waals surface area contributed by atoms with Gasteiger partial charge in [0.15, 0.2) is 5.78 Å². The van der Waals surface area contributed by atoms with Crippen LogP contribution in [0.15, 0.2) is 0 Å². The summed E-state index contributed by atoms with van der Waals surface area (Å²) in [7, 11) is 0. The number of aldehydes is 1. The van der Waals surface area contributed by atoms with E-state index in [1.54, 1.807) is 0 Å². The molecule has 0 rings (SSSR count).